The Labute approximate surface area is 120 Å². The molecule has 20 heavy (non-hydrogen) atoms. The Balaban J connectivity index is 1.71. The van der Waals surface area contributed by atoms with Crippen LogP contribution in [0, 0.1) is 0 Å². The normalized spacial score (nSPS) is 12.2. The summed E-state index contributed by atoms with van der Waals surface area (Å²) in [6.45, 7) is 3.68. The highest BCUT2D eigenvalue weighted by atomic mass is 32.2. The predicted octanol–water partition coefficient (Wildman–Crippen LogP) is 2.43. The summed E-state index contributed by atoms with van der Waals surface area (Å²) in [6.07, 6.45) is 0. The summed E-state index contributed by atoms with van der Waals surface area (Å²) in [4.78, 5) is 12.0. The number of benzene rings is 1. The van der Waals surface area contributed by atoms with Gasteiger partial charge in [-0.15, -0.1) is 0 Å². The molecule has 7 heteroatoms. The van der Waals surface area contributed by atoms with Gasteiger partial charge in [-0.1, -0.05) is 29.1 Å². The second kappa shape index (κ2) is 4.92. The number of aromatic nitrogens is 4. The maximum atomic E-state index is 5.92. The molecule has 1 aromatic carbocycles. The van der Waals surface area contributed by atoms with Gasteiger partial charge >= 0.3 is 0 Å². The SMILES string of the molecule is CC(C)(N)c1noc(CSc2nc3ccccc3[nH]2)n1. The lowest BCUT2D eigenvalue weighted by Crippen LogP contribution is -2.30. The Morgan fingerprint density at radius 2 is 2.10 bits per heavy atom. The van der Waals surface area contributed by atoms with Crippen molar-refractivity contribution in [2.45, 2.75) is 30.3 Å². The van der Waals surface area contributed by atoms with E-state index in [0.29, 0.717) is 17.5 Å². The quantitative estimate of drug-likeness (QED) is 0.716. The van der Waals surface area contributed by atoms with E-state index in [9.17, 15) is 0 Å². The summed E-state index contributed by atoms with van der Waals surface area (Å²) in [5.74, 6) is 1.62. The highest BCUT2D eigenvalue weighted by molar-refractivity contribution is 7.98. The van der Waals surface area contributed by atoms with Crippen molar-refractivity contribution in [3.63, 3.8) is 0 Å². The molecule has 0 saturated carbocycles. The predicted molar refractivity (Wildman–Crippen MR) is 77.2 cm³/mol. The molecule has 0 aliphatic rings. The zero-order chi connectivity index (χ0) is 14.2. The Morgan fingerprint density at radius 1 is 1.30 bits per heavy atom. The Morgan fingerprint density at radius 3 is 2.80 bits per heavy atom. The molecule has 0 spiro atoms. The zero-order valence-electron chi connectivity index (χ0n) is 11.3. The van der Waals surface area contributed by atoms with Gasteiger partial charge < -0.3 is 15.2 Å². The summed E-state index contributed by atoms with van der Waals surface area (Å²) >= 11 is 1.52. The van der Waals surface area contributed by atoms with Gasteiger partial charge in [0.15, 0.2) is 11.0 Å². The van der Waals surface area contributed by atoms with Crippen LogP contribution in [-0.2, 0) is 11.3 Å². The van der Waals surface area contributed by atoms with Crippen molar-refractivity contribution in [1.29, 1.82) is 0 Å². The van der Waals surface area contributed by atoms with Gasteiger partial charge in [0.2, 0.25) is 5.89 Å². The van der Waals surface area contributed by atoms with E-state index < -0.39 is 5.54 Å². The smallest absolute Gasteiger partial charge is 0.237 e. The molecular formula is C13H15N5OS. The van der Waals surface area contributed by atoms with Crippen molar-refractivity contribution in [2.24, 2.45) is 5.73 Å². The molecule has 3 N–H and O–H groups in total. The van der Waals surface area contributed by atoms with Gasteiger partial charge in [-0.3, -0.25) is 0 Å². The Bertz CT molecular complexity index is 695. The van der Waals surface area contributed by atoms with E-state index in [1.54, 1.807) is 0 Å². The molecule has 6 nitrogen and oxygen atoms in total. The van der Waals surface area contributed by atoms with E-state index in [1.807, 2.05) is 38.1 Å². The second-order valence-corrected chi connectivity index (χ2v) is 6.05. The van der Waals surface area contributed by atoms with Crippen LogP contribution < -0.4 is 5.73 Å². The van der Waals surface area contributed by atoms with Gasteiger partial charge in [-0.05, 0) is 26.0 Å². The summed E-state index contributed by atoms with van der Waals surface area (Å²) in [5.41, 5.74) is 7.29. The second-order valence-electron chi connectivity index (χ2n) is 5.08. The Kier molecular flexibility index (Phi) is 3.23. The largest absolute Gasteiger partial charge is 0.338 e. The van der Waals surface area contributed by atoms with E-state index in [4.69, 9.17) is 10.3 Å². The van der Waals surface area contributed by atoms with Crippen LogP contribution in [0.25, 0.3) is 11.0 Å². The summed E-state index contributed by atoms with van der Waals surface area (Å²) in [6, 6.07) is 7.90. The van der Waals surface area contributed by atoms with E-state index in [2.05, 4.69) is 20.1 Å². The fraction of sp³-hybridized carbons (Fsp3) is 0.308. The van der Waals surface area contributed by atoms with E-state index in [0.717, 1.165) is 16.2 Å². The standard InChI is InChI=1S/C13H15N5OS/c1-13(2,14)11-17-10(19-18-11)7-20-12-15-8-5-3-4-6-9(8)16-12/h3-6H,7,14H2,1-2H3,(H,15,16). The number of thioether (sulfide) groups is 1. The van der Waals surface area contributed by atoms with Crippen LogP contribution in [0.2, 0.25) is 0 Å². The van der Waals surface area contributed by atoms with Crippen molar-refractivity contribution in [1.82, 2.24) is 20.1 Å². The first-order chi connectivity index (χ1) is 9.52. The number of para-hydroxylation sites is 2. The molecule has 0 aliphatic carbocycles. The number of aromatic amines is 1. The first kappa shape index (κ1) is 13.1. The van der Waals surface area contributed by atoms with Gasteiger partial charge in [-0.25, -0.2) is 4.98 Å². The first-order valence-electron chi connectivity index (χ1n) is 6.22. The third-order valence-electron chi connectivity index (χ3n) is 2.74. The lowest BCUT2D eigenvalue weighted by molar-refractivity contribution is 0.369. The number of rotatable bonds is 4. The highest BCUT2D eigenvalue weighted by Gasteiger charge is 2.21. The highest BCUT2D eigenvalue weighted by Crippen LogP contribution is 2.23. The number of fused-ring (bicyclic) bond motifs is 1. The average Bonchev–Trinajstić information content (AvgIpc) is 3.02. The van der Waals surface area contributed by atoms with Crippen LogP contribution in [-0.4, -0.2) is 20.1 Å². The molecule has 2 heterocycles. The molecule has 2 aromatic heterocycles. The maximum Gasteiger partial charge on any atom is 0.237 e. The molecule has 0 radical (unpaired) electrons. The summed E-state index contributed by atoms with van der Waals surface area (Å²) in [5, 5.41) is 4.72. The molecule has 0 aliphatic heterocycles. The molecule has 0 fully saturated rings. The number of nitrogens with zero attached hydrogens (tertiary/aromatic N) is 3. The minimum atomic E-state index is -0.591. The van der Waals surface area contributed by atoms with Crippen LogP contribution in [0.4, 0.5) is 0 Å². The lowest BCUT2D eigenvalue weighted by Gasteiger charge is -2.11. The number of H-pyrrole nitrogens is 1. The number of nitrogens with two attached hydrogens (primary N) is 1. The first-order valence-corrected chi connectivity index (χ1v) is 7.20. The van der Waals surface area contributed by atoms with Crippen LogP contribution in [0.1, 0.15) is 25.6 Å². The molecule has 3 rings (SSSR count). The van der Waals surface area contributed by atoms with Gasteiger partial charge in [0, 0.05) is 0 Å². The number of imidazole rings is 1. The van der Waals surface area contributed by atoms with Crippen LogP contribution in [0.3, 0.4) is 0 Å². The van der Waals surface area contributed by atoms with Crippen LogP contribution in [0.15, 0.2) is 33.9 Å². The molecule has 0 unspecified atom stereocenters. The minimum absolute atomic E-state index is 0.512. The molecule has 0 amide bonds. The van der Waals surface area contributed by atoms with Crippen molar-refractivity contribution in [3.8, 4) is 0 Å². The monoisotopic (exact) mass is 289 g/mol. The van der Waals surface area contributed by atoms with Gasteiger partial charge in [0.1, 0.15) is 0 Å². The Hall–Kier alpha value is -1.86. The minimum Gasteiger partial charge on any atom is -0.338 e. The average molecular weight is 289 g/mol. The van der Waals surface area contributed by atoms with Gasteiger partial charge in [0.05, 0.1) is 22.3 Å². The van der Waals surface area contributed by atoms with E-state index >= 15 is 0 Å². The summed E-state index contributed by atoms with van der Waals surface area (Å²) in [7, 11) is 0. The van der Waals surface area contributed by atoms with Gasteiger partial charge in [0.25, 0.3) is 0 Å². The van der Waals surface area contributed by atoms with Crippen LogP contribution in [0.5, 0.6) is 0 Å². The molecule has 0 bridgehead atoms. The van der Waals surface area contributed by atoms with Crippen molar-refractivity contribution < 1.29 is 4.52 Å². The fourth-order valence-corrected chi connectivity index (χ4v) is 2.43. The van der Waals surface area contributed by atoms with Crippen molar-refractivity contribution in [2.75, 3.05) is 0 Å². The van der Waals surface area contributed by atoms with E-state index in [-0.39, 0.29) is 0 Å². The van der Waals surface area contributed by atoms with Crippen LogP contribution >= 0.6 is 11.8 Å². The zero-order valence-corrected chi connectivity index (χ0v) is 12.1. The summed E-state index contributed by atoms with van der Waals surface area (Å²) < 4.78 is 5.18. The molecule has 104 valence electrons. The maximum absolute atomic E-state index is 5.92. The molecule has 0 atom stereocenters. The number of hydrogen-bond donors (Lipinski definition) is 2. The molecular weight excluding hydrogens is 274 g/mol. The molecule has 3 aromatic rings. The number of hydrogen-bond acceptors (Lipinski definition) is 6. The van der Waals surface area contributed by atoms with Crippen molar-refractivity contribution in [3.05, 3.63) is 36.0 Å². The number of nitrogens with one attached hydrogen (secondary N) is 1. The molecule has 0 saturated heterocycles. The third-order valence-corrected chi connectivity index (χ3v) is 3.60. The van der Waals surface area contributed by atoms with Gasteiger partial charge in [-0.2, -0.15) is 4.98 Å². The third kappa shape index (κ3) is 2.68. The lowest BCUT2D eigenvalue weighted by atomic mass is 10.1. The van der Waals surface area contributed by atoms with E-state index in [1.165, 1.54) is 11.8 Å². The fourth-order valence-electron chi connectivity index (χ4n) is 1.70. The topological polar surface area (TPSA) is 93.6 Å². The van der Waals surface area contributed by atoms with Crippen molar-refractivity contribution >= 4 is 22.8 Å².